The van der Waals surface area contributed by atoms with E-state index < -0.39 is 29.1 Å². The van der Waals surface area contributed by atoms with E-state index in [9.17, 15) is 18.4 Å². The van der Waals surface area contributed by atoms with E-state index in [4.69, 9.17) is 5.26 Å². The molecule has 7 heteroatoms. The van der Waals surface area contributed by atoms with Crippen molar-refractivity contribution in [3.05, 3.63) is 33.2 Å². The largest absolute Gasteiger partial charge is 0.462 e. The lowest BCUT2D eigenvalue weighted by Gasteiger charge is -2.06. The number of nitriles is 1. The SMILES string of the molecule is CCOC(=O)c1c[nH]c(=O)c(C(F)F)c1C#N. The molecule has 5 nitrogen and oxygen atoms in total. The molecule has 1 N–H and O–H groups in total. The van der Waals surface area contributed by atoms with Gasteiger partial charge in [-0.05, 0) is 6.92 Å². The summed E-state index contributed by atoms with van der Waals surface area (Å²) in [5.41, 5.74) is -3.13. The minimum atomic E-state index is -3.14. The maximum Gasteiger partial charge on any atom is 0.340 e. The third kappa shape index (κ3) is 2.47. The van der Waals surface area contributed by atoms with Crippen molar-refractivity contribution in [1.29, 1.82) is 5.26 Å². The zero-order valence-electron chi connectivity index (χ0n) is 8.79. The molecule has 1 aromatic rings. The maximum atomic E-state index is 12.6. The van der Waals surface area contributed by atoms with Crippen molar-refractivity contribution in [2.75, 3.05) is 6.61 Å². The molecule has 0 bridgehead atoms. The van der Waals surface area contributed by atoms with E-state index in [1.165, 1.54) is 13.0 Å². The van der Waals surface area contributed by atoms with Gasteiger partial charge >= 0.3 is 5.97 Å². The quantitative estimate of drug-likeness (QED) is 0.811. The summed E-state index contributed by atoms with van der Waals surface area (Å²) >= 11 is 0. The van der Waals surface area contributed by atoms with Gasteiger partial charge < -0.3 is 9.72 Å². The number of alkyl halides is 2. The number of nitrogens with one attached hydrogen (secondary N) is 1. The van der Waals surface area contributed by atoms with Gasteiger partial charge in [0.2, 0.25) is 0 Å². The van der Waals surface area contributed by atoms with E-state index in [1.807, 2.05) is 4.98 Å². The average molecular weight is 242 g/mol. The zero-order valence-corrected chi connectivity index (χ0v) is 8.79. The van der Waals surface area contributed by atoms with Crippen LogP contribution in [-0.2, 0) is 4.74 Å². The van der Waals surface area contributed by atoms with Gasteiger partial charge in [0.05, 0.1) is 17.7 Å². The first-order valence-electron chi connectivity index (χ1n) is 4.63. The Kier molecular flexibility index (Phi) is 3.93. The van der Waals surface area contributed by atoms with Crippen molar-refractivity contribution in [3.63, 3.8) is 0 Å². The van der Waals surface area contributed by atoms with Gasteiger partial charge in [0.25, 0.3) is 12.0 Å². The highest BCUT2D eigenvalue weighted by molar-refractivity contribution is 5.92. The second-order valence-electron chi connectivity index (χ2n) is 2.95. The Labute approximate surface area is 94.6 Å². The molecule has 1 heterocycles. The van der Waals surface area contributed by atoms with E-state index in [2.05, 4.69) is 4.74 Å². The van der Waals surface area contributed by atoms with Gasteiger partial charge in [-0.3, -0.25) is 4.79 Å². The summed E-state index contributed by atoms with van der Waals surface area (Å²) in [5.74, 6) is -0.929. The first-order chi connectivity index (χ1) is 8.02. The van der Waals surface area contributed by atoms with Gasteiger partial charge in [0.15, 0.2) is 0 Å². The highest BCUT2D eigenvalue weighted by Crippen LogP contribution is 2.21. The molecule has 90 valence electrons. The standard InChI is InChI=1S/C10H8F2N2O3/c1-2-17-10(16)6-4-14-9(15)7(8(11)12)5(6)3-13/h4,8H,2H2,1H3,(H,14,15). The van der Waals surface area contributed by atoms with Crippen LogP contribution in [0.15, 0.2) is 11.0 Å². The van der Waals surface area contributed by atoms with Crippen molar-refractivity contribution < 1.29 is 18.3 Å². The number of rotatable bonds is 3. The number of aromatic nitrogens is 1. The molecule has 0 aliphatic heterocycles. The Morgan fingerprint density at radius 3 is 2.76 bits per heavy atom. The molecule has 0 saturated heterocycles. The minimum Gasteiger partial charge on any atom is -0.462 e. The van der Waals surface area contributed by atoms with Gasteiger partial charge in [0.1, 0.15) is 11.6 Å². The molecule has 0 spiro atoms. The molecule has 0 atom stereocenters. The van der Waals surface area contributed by atoms with E-state index in [1.54, 1.807) is 0 Å². The molecule has 0 radical (unpaired) electrons. The van der Waals surface area contributed by atoms with Crippen molar-refractivity contribution in [2.45, 2.75) is 13.3 Å². The molecule has 0 fully saturated rings. The molecule has 0 unspecified atom stereocenters. The molecule has 1 rings (SSSR count). The number of aromatic amines is 1. The number of carbonyl (C=O) groups is 1. The monoisotopic (exact) mass is 242 g/mol. The van der Waals surface area contributed by atoms with E-state index in [-0.39, 0.29) is 12.2 Å². The van der Waals surface area contributed by atoms with Gasteiger partial charge in [0, 0.05) is 6.20 Å². The lowest BCUT2D eigenvalue weighted by atomic mass is 10.1. The van der Waals surface area contributed by atoms with Crippen molar-refractivity contribution in [1.82, 2.24) is 4.98 Å². The first kappa shape index (κ1) is 12.8. The fourth-order valence-corrected chi connectivity index (χ4v) is 1.24. The number of halogens is 2. The van der Waals surface area contributed by atoms with Gasteiger partial charge in [-0.2, -0.15) is 5.26 Å². The number of hydrogen-bond donors (Lipinski definition) is 1. The van der Waals surface area contributed by atoms with Crippen LogP contribution in [0.3, 0.4) is 0 Å². The Bertz CT molecular complexity index is 531. The first-order valence-corrected chi connectivity index (χ1v) is 4.63. The Morgan fingerprint density at radius 1 is 1.65 bits per heavy atom. The van der Waals surface area contributed by atoms with Gasteiger partial charge in [-0.25, -0.2) is 13.6 Å². The lowest BCUT2D eigenvalue weighted by Crippen LogP contribution is -2.19. The molecule has 0 amide bonds. The van der Waals surface area contributed by atoms with Crippen LogP contribution in [0, 0.1) is 11.3 Å². The van der Waals surface area contributed by atoms with Crippen LogP contribution in [0.5, 0.6) is 0 Å². The highest BCUT2D eigenvalue weighted by atomic mass is 19.3. The van der Waals surface area contributed by atoms with Crippen LogP contribution in [-0.4, -0.2) is 17.6 Å². The smallest absolute Gasteiger partial charge is 0.340 e. The fraction of sp³-hybridized carbons (Fsp3) is 0.300. The topological polar surface area (TPSA) is 83.0 Å². The molecule has 0 aromatic carbocycles. The molecular formula is C10H8F2N2O3. The molecule has 0 saturated carbocycles. The summed E-state index contributed by atoms with van der Waals surface area (Å²) in [6.07, 6.45) is -2.24. The number of carbonyl (C=O) groups excluding carboxylic acids is 1. The van der Waals surface area contributed by atoms with E-state index in [0.29, 0.717) is 0 Å². The number of hydrogen-bond acceptors (Lipinski definition) is 4. The zero-order chi connectivity index (χ0) is 13.0. The number of esters is 1. The van der Waals surface area contributed by atoms with Crippen molar-refractivity contribution in [3.8, 4) is 6.07 Å². The molecular weight excluding hydrogens is 234 g/mol. The Morgan fingerprint density at radius 2 is 2.29 bits per heavy atom. The van der Waals surface area contributed by atoms with Gasteiger partial charge in [-0.1, -0.05) is 0 Å². The normalized spacial score (nSPS) is 10.1. The van der Waals surface area contributed by atoms with Gasteiger partial charge in [-0.15, -0.1) is 0 Å². The predicted octanol–water partition coefficient (Wildman–Crippen LogP) is 1.36. The summed E-state index contributed by atoms with van der Waals surface area (Å²) in [7, 11) is 0. The third-order valence-corrected chi connectivity index (χ3v) is 1.96. The number of pyridine rings is 1. The maximum absolute atomic E-state index is 12.6. The van der Waals surface area contributed by atoms with E-state index in [0.717, 1.165) is 6.20 Å². The number of nitrogens with zero attached hydrogens (tertiary/aromatic N) is 1. The highest BCUT2D eigenvalue weighted by Gasteiger charge is 2.24. The molecule has 0 aliphatic carbocycles. The fourth-order valence-electron chi connectivity index (χ4n) is 1.24. The number of H-pyrrole nitrogens is 1. The van der Waals surface area contributed by atoms with Crippen molar-refractivity contribution >= 4 is 5.97 Å². The molecule has 17 heavy (non-hydrogen) atoms. The average Bonchev–Trinajstić information content (AvgIpc) is 2.27. The summed E-state index contributed by atoms with van der Waals surface area (Å²) in [5, 5.41) is 8.75. The third-order valence-electron chi connectivity index (χ3n) is 1.96. The summed E-state index contributed by atoms with van der Waals surface area (Å²) in [6.45, 7) is 1.57. The lowest BCUT2D eigenvalue weighted by molar-refractivity contribution is 0.0525. The summed E-state index contributed by atoms with van der Waals surface area (Å²) in [4.78, 5) is 24.5. The van der Waals surface area contributed by atoms with Crippen LogP contribution in [0.25, 0.3) is 0 Å². The van der Waals surface area contributed by atoms with Crippen LogP contribution < -0.4 is 5.56 Å². The Hall–Kier alpha value is -2.23. The summed E-state index contributed by atoms with van der Waals surface area (Å²) in [6, 6.07) is 1.42. The predicted molar refractivity (Wildman–Crippen MR) is 52.7 cm³/mol. The molecule has 1 aromatic heterocycles. The van der Waals surface area contributed by atoms with Crippen LogP contribution in [0.4, 0.5) is 8.78 Å². The van der Waals surface area contributed by atoms with Crippen LogP contribution in [0.1, 0.15) is 34.8 Å². The minimum absolute atomic E-state index is 0.0346. The number of ether oxygens (including phenoxy) is 1. The van der Waals surface area contributed by atoms with Crippen LogP contribution in [0.2, 0.25) is 0 Å². The summed E-state index contributed by atoms with van der Waals surface area (Å²) < 4.78 is 29.8. The molecule has 0 aliphatic rings. The van der Waals surface area contributed by atoms with Crippen molar-refractivity contribution in [2.24, 2.45) is 0 Å². The Balaban J connectivity index is 3.45. The second-order valence-corrected chi connectivity index (χ2v) is 2.95. The second kappa shape index (κ2) is 5.21. The van der Waals surface area contributed by atoms with E-state index >= 15 is 0 Å². The van der Waals surface area contributed by atoms with Crippen LogP contribution >= 0.6 is 0 Å².